The quantitative estimate of drug-likeness (QED) is 0.823. The molecule has 0 unspecified atom stereocenters. The summed E-state index contributed by atoms with van der Waals surface area (Å²) in [6.45, 7) is 4.81. The first-order valence-corrected chi connectivity index (χ1v) is 6.54. The van der Waals surface area contributed by atoms with Gasteiger partial charge in [-0.15, -0.1) is 5.10 Å². The number of aromatic nitrogens is 4. The largest absolute Gasteiger partial charge is 0.225 e. The van der Waals surface area contributed by atoms with Crippen LogP contribution in [0.15, 0.2) is 24.3 Å². The fraction of sp³-hybridized carbons (Fsp3) is 0.429. The molecule has 0 aliphatic carbocycles. The van der Waals surface area contributed by atoms with Crippen molar-refractivity contribution >= 4 is 0 Å². The second-order valence-electron chi connectivity index (χ2n) is 4.48. The van der Waals surface area contributed by atoms with E-state index in [4.69, 9.17) is 5.26 Å². The minimum absolute atomic E-state index is 0.365. The SMILES string of the molecule is CCC(CC)c1nnnn1Cc1ccccc1C#N. The van der Waals surface area contributed by atoms with Gasteiger partial charge in [0, 0.05) is 5.92 Å². The van der Waals surface area contributed by atoms with Crippen LogP contribution in [0.2, 0.25) is 0 Å². The number of tetrazole rings is 1. The molecule has 0 saturated heterocycles. The molecule has 0 radical (unpaired) electrons. The molecule has 98 valence electrons. The van der Waals surface area contributed by atoms with Gasteiger partial charge in [0.15, 0.2) is 5.82 Å². The van der Waals surface area contributed by atoms with Crippen LogP contribution in [-0.4, -0.2) is 20.2 Å². The normalized spacial score (nSPS) is 10.6. The van der Waals surface area contributed by atoms with Gasteiger partial charge >= 0.3 is 0 Å². The molecule has 0 atom stereocenters. The maximum Gasteiger partial charge on any atom is 0.154 e. The highest BCUT2D eigenvalue weighted by Crippen LogP contribution is 2.21. The second-order valence-corrected chi connectivity index (χ2v) is 4.48. The first kappa shape index (κ1) is 13.2. The molecule has 0 bridgehead atoms. The van der Waals surface area contributed by atoms with Gasteiger partial charge in [-0.1, -0.05) is 32.0 Å². The van der Waals surface area contributed by atoms with Crippen molar-refractivity contribution in [3.63, 3.8) is 0 Å². The smallest absolute Gasteiger partial charge is 0.154 e. The molecule has 0 aliphatic heterocycles. The number of nitriles is 1. The molecule has 2 aromatic rings. The molecule has 1 aromatic carbocycles. The highest BCUT2D eigenvalue weighted by atomic mass is 15.5. The Morgan fingerprint density at radius 1 is 1.26 bits per heavy atom. The Balaban J connectivity index is 2.30. The van der Waals surface area contributed by atoms with E-state index in [0.717, 1.165) is 24.2 Å². The second kappa shape index (κ2) is 6.10. The summed E-state index contributed by atoms with van der Waals surface area (Å²) >= 11 is 0. The van der Waals surface area contributed by atoms with E-state index in [9.17, 15) is 0 Å². The molecule has 0 aliphatic rings. The highest BCUT2D eigenvalue weighted by molar-refractivity contribution is 5.37. The lowest BCUT2D eigenvalue weighted by molar-refractivity contribution is 0.535. The number of hydrogen-bond donors (Lipinski definition) is 0. The van der Waals surface area contributed by atoms with Crippen molar-refractivity contribution < 1.29 is 0 Å². The zero-order valence-corrected chi connectivity index (χ0v) is 11.2. The summed E-state index contributed by atoms with van der Waals surface area (Å²) in [5.74, 6) is 1.27. The van der Waals surface area contributed by atoms with Gasteiger partial charge in [-0.2, -0.15) is 5.26 Å². The van der Waals surface area contributed by atoms with Gasteiger partial charge in [-0.25, -0.2) is 4.68 Å². The van der Waals surface area contributed by atoms with E-state index < -0.39 is 0 Å². The first-order chi connectivity index (χ1) is 9.30. The van der Waals surface area contributed by atoms with Crippen LogP contribution in [0, 0.1) is 11.3 Å². The van der Waals surface area contributed by atoms with Crippen molar-refractivity contribution in [3.8, 4) is 6.07 Å². The average molecular weight is 255 g/mol. The molecule has 2 rings (SSSR count). The first-order valence-electron chi connectivity index (χ1n) is 6.54. The molecule has 5 nitrogen and oxygen atoms in total. The molecular formula is C14H17N5. The van der Waals surface area contributed by atoms with E-state index in [-0.39, 0.29) is 0 Å². The topological polar surface area (TPSA) is 67.4 Å². The number of benzene rings is 1. The van der Waals surface area contributed by atoms with Crippen LogP contribution in [0.5, 0.6) is 0 Å². The Hall–Kier alpha value is -2.22. The van der Waals surface area contributed by atoms with Crippen LogP contribution in [0.3, 0.4) is 0 Å². The monoisotopic (exact) mass is 255 g/mol. The van der Waals surface area contributed by atoms with Gasteiger partial charge in [0.2, 0.25) is 0 Å². The lowest BCUT2D eigenvalue weighted by atomic mass is 10.0. The number of rotatable bonds is 5. The van der Waals surface area contributed by atoms with E-state index in [1.807, 2.05) is 24.3 Å². The van der Waals surface area contributed by atoms with Crippen LogP contribution in [0.4, 0.5) is 0 Å². The Morgan fingerprint density at radius 3 is 2.68 bits per heavy atom. The zero-order valence-electron chi connectivity index (χ0n) is 11.2. The van der Waals surface area contributed by atoms with E-state index in [1.165, 1.54) is 0 Å². The number of hydrogen-bond acceptors (Lipinski definition) is 4. The summed E-state index contributed by atoms with van der Waals surface area (Å²) in [4.78, 5) is 0. The van der Waals surface area contributed by atoms with Crippen LogP contribution >= 0.6 is 0 Å². The van der Waals surface area contributed by atoms with Crippen LogP contribution in [0.25, 0.3) is 0 Å². The molecule has 0 amide bonds. The molecule has 0 N–H and O–H groups in total. The van der Waals surface area contributed by atoms with Crippen LogP contribution in [-0.2, 0) is 6.54 Å². The molecule has 0 saturated carbocycles. The minimum atomic E-state index is 0.365. The fourth-order valence-electron chi connectivity index (χ4n) is 2.20. The van der Waals surface area contributed by atoms with Gasteiger partial charge in [0.1, 0.15) is 0 Å². The van der Waals surface area contributed by atoms with E-state index >= 15 is 0 Å². The summed E-state index contributed by atoms with van der Waals surface area (Å²) in [6.07, 6.45) is 2.02. The molecule has 0 fully saturated rings. The fourth-order valence-corrected chi connectivity index (χ4v) is 2.20. The predicted octanol–water partition coefficient (Wildman–Crippen LogP) is 2.50. The van der Waals surface area contributed by atoms with Crippen molar-refractivity contribution in [2.75, 3.05) is 0 Å². The summed E-state index contributed by atoms with van der Waals surface area (Å²) in [5, 5.41) is 21.1. The molecular weight excluding hydrogens is 238 g/mol. The maximum absolute atomic E-state index is 9.11. The van der Waals surface area contributed by atoms with Gasteiger partial charge < -0.3 is 0 Å². The van der Waals surface area contributed by atoms with E-state index in [0.29, 0.717) is 18.0 Å². The summed E-state index contributed by atoms with van der Waals surface area (Å²) < 4.78 is 1.80. The lowest BCUT2D eigenvalue weighted by Gasteiger charge is -2.12. The third-order valence-corrected chi connectivity index (χ3v) is 3.37. The third kappa shape index (κ3) is 2.79. The Bertz CT molecular complexity index is 578. The Labute approximate surface area is 112 Å². The summed E-state index contributed by atoms with van der Waals surface area (Å²) in [6, 6.07) is 9.75. The standard InChI is InChI=1S/C14H17N5/c1-3-11(4-2)14-16-17-18-19(14)10-13-8-6-5-7-12(13)9-15/h5-8,11H,3-4,10H2,1-2H3. The van der Waals surface area contributed by atoms with Gasteiger partial charge in [-0.05, 0) is 34.9 Å². The van der Waals surface area contributed by atoms with Crippen molar-refractivity contribution in [3.05, 3.63) is 41.2 Å². The lowest BCUT2D eigenvalue weighted by Crippen LogP contribution is -2.11. The molecule has 19 heavy (non-hydrogen) atoms. The third-order valence-electron chi connectivity index (χ3n) is 3.37. The van der Waals surface area contributed by atoms with Crippen molar-refractivity contribution in [1.82, 2.24) is 20.2 Å². The Morgan fingerprint density at radius 2 is 2.00 bits per heavy atom. The zero-order chi connectivity index (χ0) is 13.7. The van der Waals surface area contributed by atoms with Crippen molar-refractivity contribution in [2.45, 2.75) is 39.2 Å². The van der Waals surface area contributed by atoms with E-state index in [1.54, 1.807) is 4.68 Å². The summed E-state index contributed by atoms with van der Waals surface area (Å²) in [7, 11) is 0. The molecule has 0 spiro atoms. The highest BCUT2D eigenvalue weighted by Gasteiger charge is 2.16. The maximum atomic E-state index is 9.11. The number of nitrogens with zero attached hydrogens (tertiary/aromatic N) is 5. The van der Waals surface area contributed by atoms with Gasteiger partial charge in [0.25, 0.3) is 0 Å². The van der Waals surface area contributed by atoms with E-state index in [2.05, 4.69) is 35.4 Å². The average Bonchev–Trinajstić information content (AvgIpc) is 2.89. The van der Waals surface area contributed by atoms with Crippen molar-refractivity contribution in [1.29, 1.82) is 5.26 Å². The van der Waals surface area contributed by atoms with Crippen LogP contribution < -0.4 is 0 Å². The van der Waals surface area contributed by atoms with Gasteiger partial charge in [0.05, 0.1) is 18.2 Å². The van der Waals surface area contributed by atoms with Crippen molar-refractivity contribution in [2.24, 2.45) is 0 Å². The molecule has 1 heterocycles. The minimum Gasteiger partial charge on any atom is -0.225 e. The summed E-state index contributed by atoms with van der Waals surface area (Å²) in [5.41, 5.74) is 1.62. The molecule has 1 aromatic heterocycles. The molecule has 5 heteroatoms. The Kier molecular flexibility index (Phi) is 4.24. The van der Waals surface area contributed by atoms with Crippen LogP contribution in [0.1, 0.15) is 49.6 Å². The predicted molar refractivity (Wildman–Crippen MR) is 71.4 cm³/mol. The van der Waals surface area contributed by atoms with Gasteiger partial charge in [-0.3, -0.25) is 0 Å².